The lowest BCUT2D eigenvalue weighted by Gasteiger charge is -2.16. The summed E-state index contributed by atoms with van der Waals surface area (Å²) in [7, 11) is 0. The van der Waals surface area contributed by atoms with Crippen molar-refractivity contribution in [2.45, 2.75) is 18.6 Å². The molecule has 2 rings (SSSR count). The quantitative estimate of drug-likeness (QED) is 0.881. The molecule has 4 nitrogen and oxygen atoms in total. The Bertz CT molecular complexity index is 730. The van der Waals surface area contributed by atoms with Crippen LogP contribution in [0, 0.1) is 0 Å². The zero-order chi connectivity index (χ0) is 17.7. The van der Waals surface area contributed by atoms with Gasteiger partial charge in [0.2, 0.25) is 5.91 Å². The molecule has 1 atom stereocenters. The van der Waals surface area contributed by atoms with Crippen LogP contribution in [-0.4, -0.2) is 17.9 Å². The van der Waals surface area contributed by atoms with Crippen LogP contribution in [0.5, 0.6) is 0 Å². The van der Waals surface area contributed by atoms with Crippen LogP contribution in [0.25, 0.3) is 0 Å². The molecule has 0 aliphatic heterocycles. The molecule has 7 heteroatoms. The van der Waals surface area contributed by atoms with Crippen molar-refractivity contribution in [1.82, 2.24) is 5.32 Å². The maximum absolute atomic E-state index is 12.7. The number of carbonyl (C=O) groups excluding carboxylic acids is 2. The summed E-state index contributed by atoms with van der Waals surface area (Å²) >= 11 is 0. The van der Waals surface area contributed by atoms with Gasteiger partial charge >= 0.3 is 6.18 Å². The maximum Gasteiger partial charge on any atom is 0.416 e. The fourth-order valence-corrected chi connectivity index (χ4v) is 2.15. The summed E-state index contributed by atoms with van der Waals surface area (Å²) < 4.78 is 38.1. The number of rotatable bonds is 5. The van der Waals surface area contributed by atoms with Gasteiger partial charge in [0.25, 0.3) is 5.91 Å². The minimum absolute atomic E-state index is 0.154. The Labute approximate surface area is 136 Å². The summed E-state index contributed by atoms with van der Waals surface area (Å²) in [6.07, 6.45) is -4.40. The van der Waals surface area contributed by atoms with Crippen LogP contribution in [0.3, 0.4) is 0 Å². The van der Waals surface area contributed by atoms with Gasteiger partial charge in [-0.2, -0.15) is 13.2 Å². The number of alkyl halides is 3. The lowest BCUT2D eigenvalue weighted by atomic mass is 10.0. The van der Waals surface area contributed by atoms with E-state index in [0.29, 0.717) is 0 Å². The molecule has 0 saturated heterocycles. The zero-order valence-corrected chi connectivity index (χ0v) is 12.5. The lowest BCUT2D eigenvalue weighted by Crippen LogP contribution is -2.45. The number of nitrogens with one attached hydrogen (secondary N) is 1. The monoisotopic (exact) mass is 336 g/mol. The highest BCUT2D eigenvalue weighted by molar-refractivity contribution is 5.97. The number of hydrogen-bond acceptors (Lipinski definition) is 2. The average Bonchev–Trinajstić information content (AvgIpc) is 2.54. The molecule has 24 heavy (non-hydrogen) atoms. The molecule has 0 bridgehead atoms. The third-order valence-corrected chi connectivity index (χ3v) is 3.38. The first kappa shape index (κ1) is 17.5. The summed E-state index contributed by atoms with van der Waals surface area (Å²) in [5, 5.41) is 2.38. The van der Waals surface area contributed by atoms with Crippen LogP contribution in [0.4, 0.5) is 13.2 Å². The van der Waals surface area contributed by atoms with Crippen LogP contribution in [0.1, 0.15) is 21.5 Å². The second-order valence-electron chi connectivity index (χ2n) is 5.20. The van der Waals surface area contributed by atoms with Gasteiger partial charge < -0.3 is 11.1 Å². The van der Waals surface area contributed by atoms with Crippen LogP contribution < -0.4 is 11.1 Å². The van der Waals surface area contributed by atoms with E-state index < -0.39 is 29.6 Å². The molecule has 2 aromatic carbocycles. The highest BCUT2D eigenvalue weighted by Gasteiger charge is 2.31. The first-order chi connectivity index (χ1) is 11.3. The molecule has 0 fully saturated rings. The van der Waals surface area contributed by atoms with E-state index in [4.69, 9.17) is 5.73 Å². The van der Waals surface area contributed by atoms with Crippen LogP contribution >= 0.6 is 0 Å². The molecule has 0 aliphatic carbocycles. The molecule has 0 spiro atoms. The predicted molar refractivity (Wildman–Crippen MR) is 82.0 cm³/mol. The third-order valence-electron chi connectivity index (χ3n) is 3.38. The summed E-state index contributed by atoms with van der Waals surface area (Å²) in [4.78, 5) is 23.7. The zero-order valence-electron chi connectivity index (χ0n) is 12.5. The summed E-state index contributed by atoms with van der Waals surface area (Å²) in [5.41, 5.74) is 4.92. The second kappa shape index (κ2) is 7.16. The topological polar surface area (TPSA) is 72.2 Å². The average molecular weight is 336 g/mol. The highest BCUT2D eigenvalue weighted by atomic mass is 19.4. The number of carbonyl (C=O) groups is 2. The Morgan fingerprint density at radius 3 is 2.29 bits per heavy atom. The van der Waals surface area contributed by atoms with Gasteiger partial charge in [-0.05, 0) is 23.8 Å². The van der Waals surface area contributed by atoms with Crippen molar-refractivity contribution in [3.63, 3.8) is 0 Å². The molecule has 0 aromatic heterocycles. The van der Waals surface area contributed by atoms with Gasteiger partial charge in [-0.1, -0.05) is 36.4 Å². The van der Waals surface area contributed by atoms with Crippen molar-refractivity contribution in [2.24, 2.45) is 5.73 Å². The standard InChI is InChI=1S/C17H15F3N2O2/c18-17(19,20)13-8-4-7-12(10-13)16(24)22-14(15(21)23)9-11-5-2-1-3-6-11/h1-8,10,14H,9H2,(H2,21,23)(H,22,24)/t14-/m0/s1. The van der Waals surface area contributed by atoms with Gasteiger partial charge in [0, 0.05) is 12.0 Å². The molecule has 0 aliphatic rings. The van der Waals surface area contributed by atoms with E-state index in [1.807, 2.05) is 0 Å². The van der Waals surface area contributed by atoms with E-state index in [2.05, 4.69) is 5.32 Å². The molecule has 0 heterocycles. The van der Waals surface area contributed by atoms with Gasteiger partial charge in [0.15, 0.2) is 0 Å². The van der Waals surface area contributed by atoms with Crippen LogP contribution in [-0.2, 0) is 17.4 Å². The van der Waals surface area contributed by atoms with Crippen molar-refractivity contribution in [3.05, 3.63) is 71.3 Å². The molecule has 2 amide bonds. The fraction of sp³-hybridized carbons (Fsp3) is 0.176. The Kier molecular flexibility index (Phi) is 5.23. The Morgan fingerprint density at radius 2 is 1.71 bits per heavy atom. The molecular formula is C17H15F3N2O2. The Morgan fingerprint density at radius 1 is 1.04 bits per heavy atom. The number of benzene rings is 2. The van der Waals surface area contributed by atoms with Crippen molar-refractivity contribution in [2.75, 3.05) is 0 Å². The molecule has 3 N–H and O–H groups in total. The van der Waals surface area contributed by atoms with Crippen LogP contribution in [0.2, 0.25) is 0 Å². The van der Waals surface area contributed by atoms with Gasteiger partial charge in [0.1, 0.15) is 6.04 Å². The van der Waals surface area contributed by atoms with Crippen molar-refractivity contribution >= 4 is 11.8 Å². The number of nitrogens with two attached hydrogens (primary N) is 1. The lowest BCUT2D eigenvalue weighted by molar-refractivity contribution is -0.137. The minimum Gasteiger partial charge on any atom is -0.368 e. The molecule has 2 aromatic rings. The normalized spacial score (nSPS) is 12.5. The molecular weight excluding hydrogens is 321 g/mol. The highest BCUT2D eigenvalue weighted by Crippen LogP contribution is 2.29. The van der Waals surface area contributed by atoms with Gasteiger partial charge in [-0.15, -0.1) is 0 Å². The third kappa shape index (κ3) is 4.58. The van der Waals surface area contributed by atoms with E-state index >= 15 is 0 Å². The molecule has 126 valence electrons. The summed E-state index contributed by atoms with van der Waals surface area (Å²) in [6, 6.07) is 11.8. The summed E-state index contributed by atoms with van der Waals surface area (Å²) in [5.74, 6) is -1.56. The van der Waals surface area contributed by atoms with Gasteiger partial charge in [0.05, 0.1) is 5.56 Å². The smallest absolute Gasteiger partial charge is 0.368 e. The summed E-state index contributed by atoms with van der Waals surface area (Å²) in [6.45, 7) is 0. The number of primary amides is 1. The first-order valence-corrected chi connectivity index (χ1v) is 7.09. The van der Waals surface area contributed by atoms with Gasteiger partial charge in [-0.3, -0.25) is 9.59 Å². The molecule has 0 saturated carbocycles. The number of halogens is 3. The molecule has 0 radical (unpaired) electrons. The van der Waals surface area contributed by atoms with E-state index in [-0.39, 0.29) is 12.0 Å². The van der Waals surface area contributed by atoms with Crippen molar-refractivity contribution < 1.29 is 22.8 Å². The predicted octanol–water partition coefficient (Wildman–Crippen LogP) is 2.53. The second-order valence-corrected chi connectivity index (χ2v) is 5.20. The van der Waals surface area contributed by atoms with Gasteiger partial charge in [-0.25, -0.2) is 0 Å². The van der Waals surface area contributed by atoms with Crippen LogP contribution in [0.15, 0.2) is 54.6 Å². The van der Waals surface area contributed by atoms with E-state index in [1.54, 1.807) is 30.3 Å². The fourth-order valence-electron chi connectivity index (χ4n) is 2.15. The Hall–Kier alpha value is -2.83. The maximum atomic E-state index is 12.7. The van der Waals surface area contributed by atoms with Crippen molar-refractivity contribution in [3.8, 4) is 0 Å². The molecule has 0 unspecified atom stereocenters. The van der Waals surface area contributed by atoms with Crippen molar-refractivity contribution in [1.29, 1.82) is 0 Å². The van der Waals surface area contributed by atoms with E-state index in [0.717, 1.165) is 23.8 Å². The SMILES string of the molecule is NC(=O)[C@H](Cc1ccccc1)NC(=O)c1cccc(C(F)(F)F)c1. The number of hydrogen-bond donors (Lipinski definition) is 2. The largest absolute Gasteiger partial charge is 0.416 e. The van der Waals surface area contributed by atoms with E-state index in [1.165, 1.54) is 6.07 Å². The number of amides is 2. The minimum atomic E-state index is -4.55. The Balaban J connectivity index is 2.15. The van der Waals surface area contributed by atoms with E-state index in [9.17, 15) is 22.8 Å². The first-order valence-electron chi connectivity index (χ1n) is 7.09.